The molecule has 0 bridgehead atoms. The quantitative estimate of drug-likeness (QED) is 0.690. The van der Waals surface area contributed by atoms with Crippen molar-refractivity contribution in [2.75, 3.05) is 17.2 Å². The van der Waals surface area contributed by atoms with Gasteiger partial charge in [-0.3, -0.25) is 10.1 Å². The van der Waals surface area contributed by atoms with Crippen molar-refractivity contribution >= 4 is 45.4 Å². The summed E-state index contributed by atoms with van der Waals surface area (Å²) in [5.41, 5.74) is 2.06. The van der Waals surface area contributed by atoms with Crippen LogP contribution in [0.25, 0.3) is 0 Å². The van der Waals surface area contributed by atoms with Crippen LogP contribution >= 0.6 is 22.7 Å². The molecule has 1 aliphatic rings. The first kappa shape index (κ1) is 17.6. The minimum Gasteiger partial charge on any atom is -0.319 e. The number of hydrogen-bond donors (Lipinski definition) is 2. The fourth-order valence-corrected chi connectivity index (χ4v) is 4.38. The summed E-state index contributed by atoms with van der Waals surface area (Å²) in [5.74, 6) is -0.537. The molecule has 3 heterocycles. The highest BCUT2D eigenvalue weighted by Crippen LogP contribution is 2.29. The van der Waals surface area contributed by atoms with Crippen molar-refractivity contribution in [3.63, 3.8) is 0 Å². The minimum absolute atomic E-state index is 0.187. The lowest BCUT2D eigenvalue weighted by molar-refractivity contribution is 0.102. The van der Waals surface area contributed by atoms with Crippen molar-refractivity contribution in [1.29, 1.82) is 0 Å². The Labute approximate surface area is 162 Å². The molecule has 0 spiro atoms. The monoisotopic (exact) mass is 402 g/mol. The lowest BCUT2D eigenvalue weighted by atomic mass is 10.2. The lowest BCUT2D eigenvalue weighted by Gasteiger charge is -2.26. The fourth-order valence-electron chi connectivity index (χ4n) is 2.72. The van der Waals surface area contributed by atoms with Crippen molar-refractivity contribution in [2.24, 2.45) is 0 Å². The van der Waals surface area contributed by atoms with Gasteiger partial charge in [-0.2, -0.15) is 11.3 Å². The van der Waals surface area contributed by atoms with Crippen molar-refractivity contribution in [3.8, 4) is 0 Å². The van der Waals surface area contributed by atoms with Crippen LogP contribution in [0, 0.1) is 5.82 Å². The number of aromatic nitrogens is 1. The summed E-state index contributed by atoms with van der Waals surface area (Å²) in [6.07, 6.45) is 0.622. The number of halogens is 1. The molecular weight excluding hydrogens is 387 g/mol. The Morgan fingerprint density at radius 1 is 1.15 bits per heavy atom. The molecule has 0 radical (unpaired) electrons. The number of thiazole rings is 1. The molecule has 0 atom stereocenters. The number of carbonyl (C=O) groups excluding carboxylic acids is 2. The first-order chi connectivity index (χ1) is 13.1. The van der Waals surface area contributed by atoms with E-state index in [1.54, 1.807) is 16.3 Å². The average molecular weight is 402 g/mol. The molecule has 2 N–H and O–H groups in total. The standard InChI is InChI=1S/C18H15FN4O2S2/c19-12-1-3-13(4-2-12)20-18(25)23-7-5-14-15(9-23)27-17(21-14)22-16(24)11-6-8-26-10-11/h1-4,6,8,10H,5,7,9H2,(H,20,25)(H,21,22,24). The summed E-state index contributed by atoms with van der Waals surface area (Å²) in [7, 11) is 0. The number of hydrogen-bond acceptors (Lipinski definition) is 5. The van der Waals surface area contributed by atoms with E-state index >= 15 is 0 Å². The third-order valence-electron chi connectivity index (χ3n) is 4.12. The molecule has 1 aliphatic heterocycles. The highest BCUT2D eigenvalue weighted by Gasteiger charge is 2.24. The number of urea groups is 1. The van der Waals surface area contributed by atoms with E-state index in [-0.39, 0.29) is 17.8 Å². The first-order valence-electron chi connectivity index (χ1n) is 8.22. The Bertz CT molecular complexity index is 970. The van der Waals surface area contributed by atoms with Crippen molar-refractivity contribution in [3.05, 3.63) is 63.0 Å². The average Bonchev–Trinajstić information content (AvgIpc) is 3.32. The Balaban J connectivity index is 1.40. The first-order valence-corrected chi connectivity index (χ1v) is 9.98. The zero-order valence-corrected chi connectivity index (χ0v) is 15.7. The number of carbonyl (C=O) groups is 2. The predicted molar refractivity (Wildman–Crippen MR) is 104 cm³/mol. The normalized spacial score (nSPS) is 13.1. The van der Waals surface area contributed by atoms with Crippen LogP contribution in [0.15, 0.2) is 41.1 Å². The summed E-state index contributed by atoms with van der Waals surface area (Å²) in [5, 5.41) is 9.74. The summed E-state index contributed by atoms with van der Waals surface area (Å²) in [4.78, 5) is 31.7. The SMILES string of the molecule is O=C(Nc1nc2c(s1)CN(C(=O)Nc1ccc(F)cc1)CC2)c1ccsc1. The van der Waals surface area contributed by atoms with Crippen LogP contribution in [-0.4, -0.2) is 28.4 Å². The molecule has 27 heavy (non-hydrogen) atoms. The minimum atomic E-state index is -0.350. The van der Waals surface area contributed by atoms with Gasteiger partial charge in [0.1, 0.15) is 5.82 Å². The van der Waals surface area contributed by atoms with Gasteiger partial charge in [-0.05, 0) is 35.7 Å². The maximum atomic E-state index is 13.0. The Morgan fingerprint density at radius 2 is 1.96 bits per heavy atom. The highest BCUT2D eigenvalue weighted by molar-refractivity contribution is 7.16. The fraction of sp³-hybridized carbons (Fsp3) is 0.167. The maximum Gasteiger partial charge on any atom is 0.322 e. The van der Waals surface area contributed by atoms with Crippen molar-refractivity contribution in [1.82, 2.24) is 9.88 Å². The molecule has 0 saturated carbocycles. The number of anilines is 2. The summed E-state index contributed by atoms with van der Waals surface area (Å²) in [6, 6.07) is 7.16. The van der Waals surface area contributed by atoms with Crippen LogP contribution in [0.3, 0.4) is 0 Å². The highest BCUT2D eigenvalue weighted by atomic mass is 32.1. The Hall–Kier alpha value is -2.78. The van der Waals surface area contributed by atoms with Crippen LogP contribution in [0.2, 0.25) is 0 Å². The van der Waals surface area contributed by atoms with E-state index in [4.69, 9.17) is 0 Å². The van der Waals surface area contributed by atoms with Gasteiger partial charge in [-0.15, -0.1) is 0 Å². The number of nitrogens with zero attached hydrogens (tertiary/aromatic N) is 2. The van der Waals surface area contributed by atoms with Gasteiger partial charge < -0.3 is 10.2 Å². The van der Waals surface area contributed by atoms with E-state index in [1.807, 2.05) is 5.38 Å². The van der Waals surface area contributed by atoms with Crippen LogP contribution < -0.4 is 10.6 Å². The van der Waals surface area contributed by atoms with Gasteiger partial charge in [0.15, 0.2) is 5.13 Å². The van der Waals surface area contributed by atoms with Crippen LogP contribution in [0.1, 0.15) is 20.9 Å². The summed E-state index contributed by atoms with van der Waals surface area (Å²) in [6.45, 7) is 0.954. The molecule has 3 amide bonds. The van der Waals surface area contributed by atoms with E-state index in [1.165, 1.54) is 46.9 Å². The van der Waals surface area contributed by atoms with E-state index in [0.29, 0.717) is 35.9 Å². The predicted octanol–water partition coefficient (Wildman–Crippen LogP) is 4.19. The van der Waals surface area contributed by atoms with Gasteiger partial charge in [0.25, 0.3) is 5.91 Å². The third-order valence-corrected chi connectivity index (χ3v) is 5.80. The van der Waals surface area contributed by atoms with Gasteiger partial charge in [0.05, 0.1) is 17.8 Å². The lowest BCUT2D eigenvalue weighted by Crippen LogP contribution is -2.38. The van der Waals surface area contributed by atoms with Crippen LogP contribution in [0.5, 0.6) is 0 Å². The van der Waals surface area contributed by atoms with Crippen LogP contribution in [0.4, 0.5) is 20.0 Å². The van der Waals surface area contributed by atoms with Gasteiger partial charge in [-0.1, -0.05) is 11.3 Å². The number of thiophene rings is 1. The third kappa shape index (κ3) is 3.99. The zero-order valence-electron chi connectivity index (χ0n) is 14.1. The number of benzene rings is 1. The van der Waals surface area contributed by atoms with Crippen molar-refractivity contribution in [2.45, 2.75) is 13.0 Å². The molecule has 0 saturated heterocycles. The molecule has 6 nitrogen and oxygen atoms in total. The number of fused-ring (bicyclic) bond motifs is 1. The number of rotatable bonds is 3. The molecule has 0 unspecified atom stereocenters. The van der Waals surface area contributed by atoms with Gasteiger partial charge in [0.2, 0.25) is 0 Å². The van der Waals surface area contributed by atoms with E-state index in [2.05, 4.69) is 15.6 Å². The molecule has 1 aromatic carbocycles. The van der Waals surface area contributed by atoms with Crippen LogP contribution in [-0.2, 0) is 13.0 Å². The second kappa shape index (κ2) is 7.45. The second-order valence-electron chi connectivity index (χ2n) is 5.96. The molecule has 2 aromatic heterocycles. The zero-order chi connectivity index (χ0) is 18.8. The topological polar surface area (TPSA) is 74.3 Å². The van der Waals surface area contributed by atoms with Gasteiger partial charge >= 0.3 is 6.03 Å². The van der Waals surface area contributed by atoms with E-state index in [0.717, 1.165) is 10.6 Å². The molecule has 0 fully saturated rings. The van der Waals surface area contributed by atoms with E-state index in [9.17, 15) is 14.0 Å². The smallest absolute Gasteiger partial charge is 0.319 e. The van der Waals surface area contributed by atoms with Gasteiger partial charge in [-0.25, -0.2) is 14.2 Å². The largest absolute Gasteiger partial charge is 0.322 e. The van der Waals surface area contributed by atoms with Gasteiger partial charge in [0, 0.05) is 28.9 Å². The molecule has 4 rings (SSSR count). The summed E-state index contributed by atoms with van der Waals surface area (Å²) >= 11 is 2.84. The molecule has 3 aromatic rings. The molecule has 138 valence electrons. The molecule has 0 aliphatic carbocycles. The second-order valence-corrected chi connectivity index (χ2v) is 7.83. The Morgan fingerprint density at radius 3 is 2.70 bits per heavy atom. The maximum absolute atomic E-state index is 13.0. The van der Waals surface area contributed by atoms with Crippen molar-refractivity contribution < 1.29 is 14.0 Å². The Kier molecular flexibility index (Phi) is 4.87. The molecular formula is C18H15FN4O2S2. The molecule has 9 heteroatoms. The summed E-state index contributed by atoms with van der Waals surface area (Å²) < 4.78 is 13.0. The number of amides is 3. The van der Waals surface area contributed by atoms with E-state index < -0.39 is 0 Å². The number of nitrogens with one attached hydrogen (secondary N) is 2.